The highest BCUT2D eigenvalue weighted by atomic mass is 35.5. The van der Waals surface area contributed by atoms with Gasteiger partial charge in [0.2, 0.25) is 11.8 Å². The lowest BCUT2D eigenvalue weighted by atomic mass is 10.2. The maximum atomic E-state index is 12.4. The molecular formula is C18H19ClN2O4. The van der Waals surface area contributed by atoms with Crippen LogP contribution in [0.3, 0.4) is 0 Å². The van der Waals surface area contributed by atoms with E-state index in [0.717, 1.165) is 0 Å². The van der Waals surface area contributed by atoms with E-state index in [1.807, 2.05) is 0 Å². The Hall–Kier alpha value is -2.73. The largest absolute Gasteiger partial charge is 0.497 e. The Morgan fingerprint density at radius 1 is 1.12 bits per heavy atom. The number of para-hydroxylation sites is 1. The fraction of sp³-hybridized carbons (Fsp3) is 0.222. The molecular weight excluding hydrogens is 344 g/mol. The molecule has 0 bridgehead atoms. The maximum absolute atomic E-state index is 12.4. The van der Waals surface area contributed by atoms with Crippen LogP contribution in [0.25, 0.3) is 0 Å². The number of anilines is 2. The van der Waals surface area contributed by atoms with Gasteiger partial charge in [-0.2, -0.15) is 0 Å². The Bertz CT molecular complexity index is 779. The number of nitrogens with zero attached hydrogens (tertiary/aromatic N) is 1. The highest BCUT2D eigenvalue weighted by Crippen LogP contribution is 2.29. The molecule has 0 aromatic heterocycles. The molecule has 132 valence electrons. The Morgan fingerprint density at radius 2 is 1.84 bits per heavy atom. The summed E-state index contributed by atoms with van der Waals surface area (Å²) in [6, 6.07) is 11.9. The van der Waals surface area contributed by atoms with Crippen molar-refractivity contribution in [1.82, 2.24) is 0 Å². The van der Waals surface area contributed by atoms with Crippen molar-refractivity contribution in [2.45, 2.75) is 6.92 Å². The van der Waals surface area contributed by atoms with Crippen LogP contribution in [0.1, 0.15) is 6.92 Å². The number of amides is 2. The first kappa shape index (κ1) is 18.6. The van der Waals surface area contributed by atoms with Gasteiger partial charge in [-0.1, -0.05) is 23.7 Å². The molecule has 0 heterocycles. The molecule has 0 saturated carbocycles. The van der Waals surface area contributed by atoms with E-state index >= 15 is 0 Å². The number of nitrogens with one attached hydrogen (secondary N) is 1. The molecule has 0 saturated heterocycles. The molecule has 1 N–H and O–H groups in total. The van der Waals surface area contributed by atoms with Crippen LogP contribution in [0.15, 0.2) is 42.5 Å². The van der Waals surface area contributed by atoms with E-state index in [1.165, 1.54) is 18.9 Å². The monoisotopic (exact) mass is 362 g/mol. The van der Waals surface area contributed by atoms with Crippen molar-refractivity contribution < 1.29 is 19.1 Å². The van der Waals surface area contributed by atoms with Gasteiger partial charge in [0, 0.05) is 13.0 Å². The zero-order valence-electron chi connectivity index (χ0n) is 14.2. The second-order valence-corrected chi connectivity index (χ2v) is 5.58. The normalized spacial score (nSPS) is 10.1. The van der Waals surface area contributed by atoms with Gasteiger partial charge in [0.15, 0.2) is 0 Å². The third-order valence-electron chi connectivity index (χ3n) is 3.51. The van der Waals surface area contributed by atoms with Crippen LogP contribution in [0, 0.1) is 0 Å². The summed E-state index contributed by atoms with van der Waals surface area (Å²) in [5.74, 6) is 0.402. The summed E-state index contributed by atoms with van der Waals surface area (Å²) in [7, 11) is 3.04. The average molecular weight is 363 g/mol. The minimum atomic E-state index is -0.376. The van der Waals surface area contributed by atoms with Crippen molar-refractivity contribution >= 4 is 34.8 Å². The van der Waals surface area contributed by atoms with Crippen LogP contribution >= 0.6 is 11.6 Å². The molecule has 0 aliphatic rings. The first-order chi connectivity index (χ1) is 12.0. The summed E-state index contributed by atoms with van der Waals surface area (Å²) < 4.78 is 10.4. The molecule has 2 amide bonds. The number of carbonyl (C=O) groups excluding carboxylic acids is 2. The summed E-state index contributed by atoms with van der Waals surface area (Å²) in [4.78, 5) is 25.7. The maximum Gasteiger partial charge on any atom is 0.244 e. The number of rotatable bonds is 6. The van der Waals surface area contributed by atoms with Gasteiger partial charge in [0.05, 0.1) is 30.6 Å². The Labute approximate surface area is 151 Å². The average Bonchev–Trinajstić information content (AvgIpc) is 2.60. The minimum absolute atomic E-state index is 0.172. The fourth-order valence-corrected chi connectivity index (χ4v) is 2.51. The number of methoxy groups -OCH3 is 2. The van der Waals surface area contributed by atoms with E-state index in [-0.39, 0.29) is 18.4 Å². The zero-order chi connectivity index (χ0) is 18.4. The predicted molar refractivity (Wildman–Crippen MR) is 97.7 cm³/mol. The van der Waals surface area contributed by atoms with E-state index in [4.69, 9.17) is 21.1 Å². The summed E-state index contributed by atoms with van der Waals surface area (Å²) in [6.07, 6.45) is 0. The van der Waals surface area contributed by atoms with Gasteiger partial charge in [0.1, 0.15) is 18.0 Å². The van der Waals surface area contributed by atoms with Gasteiger partial charge < -0.3 is 19.7 Å². The summed E-state index contributed by atoms with van der Waals surface area (Å²) in [6.45, 7) is 1.21. The molecule has 2 aromatic carbocycles. The number of benzene rings is 2. The van der Waals surface area contributed by atoms with Crippen LogP contribution in [0.4, 0.5) is 11.4 Å². The molecule has 0 radical (unpaired) electrons. The molecule has 0 atom stereocenters. The van der Waals surface area contributed by atoms with Gasteiger partial charge in [-0.05, 0) is 24.3 Å². The lowest BCUT2D eigenvalue weighted by Gasteiger charge is -2.22. The molecule has 2 rings (SSSR count). The number of carbonyl (C=O) groups is 2. The van der Waals surface area contributed by atoms with Crippen LogP contribution in [0.5, 0.6) is 11.5 Å². The Kier molecular flexibility index (Phi) is 6.25. The lowest BCUT2D eigenvalue weighted by Crippen LogP contribution is -2.36. The SMILES string of the molecule is COc1ccc(NC(=O)CN(C(C)=O)c2ccccc2Cl)c(OC)c1. The zero-order valence-corrected chi connectivity index (χ0v) is 15.0. The molecule has 0 aliphatic carbocycles. The minimum Gasteiger partial charge on any atom is -0.497 e. The third-order valence-corrected chi connectivity index (χ3v) is 3.83. The molecule has 7 heteroatoms. The van der Waals surface area contributed by atoms with Crippen LogP contribution in [0.2, 0.25) is 5.02 Å². The van der Waals surface area contributed by atoms with Crippen LogP contribution in [-0.2, 0) is 9.59 Å². The van der Waals surface area contributed by atoms with Crippen LogP contribution < -0.4 is 19.7 Å². The molecule has 0 unspecified atom stereocenters. The van der Waals surface area contributed by atoms with E-state index in [0.29, 0.717) is 27.9 Å². The third kappa shape index (κ3) is 4.64. The van der Waals surface area contributed by atoms with Crippen molar-refractivity contribution in [3.8, 4) is 11.5 Å². The van der Waals surface area contributed by atoms with Crippen LogP contribution in [-0.4, -0.2) is 32.6 Å². The van der Waals surface area contributed by atoms with E-state index in [1.54, 1.807) is 49.6 Å². The summed E-state index contributed by atoms with van der Waals surface area (Å²) >= 11 is 6.13. The quantitative estimate of drug-likeness (QED) is 0.855. The van der Waals surface area contributed by atoms with Crippen molar-refractivity contribution in [2.75, 3.05) is 31.0 Å². The van der Waals surface area contributed by atoms with Gasteiger partial charge in [-0.15, -0.1) is 0 Å². The predicted octanol–water partition coefficient (Wildman–Crippen LogP) is 3.35. The standard InChI is InChI=1S/C18H19ClN2O4/c1-12(22)21(16-7-5-4-6-14(16)19)11-18(23)20-15-9-8-13(24-2)10-17(15)25-3/h4-10H,11H2,1-3H3,(H,20,23). The Balaban J connectivity index is 2.18. The first-order valence-electron chi connectivity index (χ1n) is 7.50. The summed E-state index contributed by atoms with van der Waals surface area (Å²) in [5.41, 5.74) is 0.962. The molecule has 25 heavy (non-hydrogen) atoms. The van der Waals surface area contributed by atoms with Gasteiger partial charge >= 0.3 is 0 Å². The smallest absolute Gasteiger partial charge is 0.244 e. The van der Waals surface area contributed by atoms with Crippen molar-refractivity contribution in [3.05, 3.63) is 47.5 Å². The van der Waals surface area contributed by atoms with E-state index in [9.17, 15) is 9.59 Å². The van der Waals surface area contributed by atoms with Crippen molar-refractivity contribution in [1.29, 1.82) is 0 Å². The number of halogens is 1. The molecule has 0 fully saturated rings. The van der Waals surface area contributed by atoms with Gasteiger partial charge in [-0.25, -0.2) is 0 Å². The summed E-state index contributed by atoms with van der Waals surface area (Å²) in [5, 5.41) is 3.13. The second kappa shape index (κ2) is 8.39. The van der Waals surface area contributed by atoms with Gasteiger partial charge in [-0.3, -0.25) is 9.59 Å². The molecule has 0 aliphatic heterocycles. The first-order valence-corrected chi connectivity index (χ1v) is 7.88. The number of hydrogen-bond acceptors (Lipinski definition) is 4. The molecule has 0 spiro atoms. The van der Waals surface area contributed by atoms with Crippen molar-refractivity contribution in [3.63, 3.8) is 0 Å². The highest BCUT2D eigenvalue weighted by molar-refractivity contribution is 6.33. The van der Waals surface area contributed by atoms with E-state index in [2.05, 4.69) is 5.32 Å². The lowest BCUT2D eigenvalue weighted by molar-refractivity contribution is -0.120. The van der Waals surface area contributed by atoms with Crippen molar-refractivity contribution in [2.24, 2.45) is 0 Å². The number of ether oxygens (including phenoxy) is 2. The number of hydrogen-bond donors (Lipinski definition) is 1. The Morgan fingerprint density at radius 3 is 2.44 bits per heavy atom. The van der Waals surface area contributed by atoms with E-state index < -0.39 is 0 Å². The molecule has 2 aromatic rings. The highest BCUT2D eigenvalue weighted by Gasteiger charge is 2.19. The fourth-order valence-electron chi connectivity index (χ4n) is 2.27. The molecule has 6 nitrogen and oxygen atoms in total. The topological polar surface area (TPSA) is 67.9 Å². The second-order valence-electron chi connectivity index (χ2n) is 5.17. The van der Waals surface area contributed by atoms with Gasteiger partial charge in [0.25, 0.3) is 0 Å².